The monoisotopic (exact) mass is 304 g/mol. The molecule has 2 aromatic rings. The van der Waals surface area contributed by atoms with Crippen LogP contribution in [0.25, 0.3) is 0 Å². The second kappa shape index (κ2) is 8.21. The van der Waals surface area contributed by atoms with E-state index in [2.05, 4.69) is 10.6 Å². The number of nitrogens with one attached hydrogen (secondary N) is 2. The topological polar surface area (TPSA) is 83.7 Å². The number of ether oxygens (including phenoxy) is 1. The molecule has 1 aromatic heterocycles. The number of benzene rings is 1. The van der Waals surface area contributed by atoms with Gasteiger partial charge in [0.25, 0.3) is 5.91 Å². The number of hydrogen-bond donors (Lipinski definition) is 3. The largest absolute Gasteiger partial charge is 0.467 e. The van der Waals surface area contributed by atoms with Gasteiger partial charge in [0, 0.05) is 19.3 Å². The van der Waals surface area contributed by atoms with Crippen LogP contribution in [0.5, 0.6) is 0 Å². The van der Waals surface area contributed by atoms with Crippen LogP contribution in [0.15, 0.2) is 47.1 Å². The third kappa shape index (κ3) is 4.61. The molecule has 0 aliphatic carbocycles. The van der Waals surface area contributed by atoms with Crippen molar-refractivity contribution >= 4 is 11.6 Å². The Kier molecular flexibility index (Phi) is 6.00. The number of para-hydroxylation sites is 1. The molecule has 22 heavy (non-hydrogen) atoms. The summed E-state index contributed by atoms with van der Waals surface area (Å²) in [5, 5.41) is 15.4. The molecule has 1 unspecified atom stereocenters. The maximum atomic E-state index is 12.2. The number of methoxy groups -OCH3 is 1. The zero-order valence-corrected chi connectivity index (χ0v) is 12.4. The van der Waals surface area contributed by atoms with E-state index in [9.17, 15) is 9.90 Å². The lowest BCUT2D eigenvalue weighted by molar-refractivity contribution is 0.0610. The van der Waals surface area contributed by atoms with Gasteiger partial charge in [-0.15, -0.1) is 0 Å². The van der Waals surface area contributed by atoms with Gasteiger partial charge in [0.1, 0.15) is 5.76 Å². The Bertz CT molecular complexity index is 584. The van der Waals surface area contributed by atoms with Crippen molar-refractivity contribution in [3.8, 4) is 0 Å². The van der Waals surface area contributed by atoms with Gasteiger partial charge in [0.05, 0.1) is 31.1 Å². The summed E-state index contributed by atoms with van der Waals surface area (Å²) >= 11 is 0. The van der Waals surface area contributed by atoms with Gasteiger partial charge in [0.15, 0.2) is 0 Å². The molecule has 0 radical (unpaired) electrons. The highest BCUT2D eigenvalue weighted by molar-refractivity contribution is 5.99. The predicted molar refractivity (Wildman–Crippen MR) is 82.7 cm³/mol. The van der Waals surface area contributed by atoms with Crippen LogP contribution in [0.3, 0.4) is 0 Å². The molecule has 2 rings (SSSR count). The van der Waals surface area contributed by atoms with Gasteiger partial charge in [-0.2, -0.15) is 0 Å². The molecule has 1 heterocycles. The van der Waals surface area contributed by atoms with Gasteiger partial charge in [-0.3, -0.25) is 4.79 Å². The van der Waals surface area contributed by atoms with E-state index in [1.807, 2.05) is 24.3 Å². The SMILES string of the molecule is COCC(O)CNC(=O)c1ccccc1NCc1ccco1. The Labute approximate surface area is 129 Å². The highest BCUT2D eigenvalue weighted by Crippen LogP contribution is 2.16. The number of aliphatic hydroxyl groups excluding tert-OH is 1. The summed E-state index contributed by atoms with van der Waals surface area (Å²) in [6.07, 6.45) is 0.879. The Morgan fingerprint density at radius 1 is 1.32 bits per heavy atom. The maximum absolute atomic E-state index is 12.2. The van der Waals surface area contributed by atoms with E-state index >= 15 is 0 Å². The van der Waals surface area contributed by atoms with Crippen LogP contribution < -0.4 is 10.6 Å². The molecule has 0 aliphatic heterocycles. The smallest absolute Gasteiger partial charge is 0.253 e. The Morgan fingerprint density at radius 3 is 2.86 bits per heavy atom. The van der Waals surface area contributed by atoms with Crippen molar-refractivity contribution < 1.29 is 19.1 Å². The molecule has 0 saturated carbocycles. The summed E-state index contributed by atoms with van der Waals surface area (Å²) < 4.78 is 10.1. The molecule has 0 aliphatic rings. The Balaban J connectivity index is 1.96. The van der Waals surface area contributed by atoms with Crippen LogP contribution >= 0.6 is 0 Å². The number of rotatable bonds is 8. The highest BCUT2D eigenvalue weighted by atomic mass is 16.5. The van der Waals surface area contributed by atoms with E-state index in [0.717, 1.165) is 5.76 Å². The molecule has 0 fully saturated rings. The molecule has 118 valence electrons. The van der Waals surface area contributed by atoms with Gasteiger partial charge in [-0.05, 0) is 24.3 Å². The quantitative estimate of drug-likeness (QED) is 0.690. The van der Waals surface area contributed by atoms with Crippen molar-refractivity contribution in [2.24, 2.45) is 0 Å². The number of anilines is 1. The summed E-state index contributed by atoms with van der Waals surface area (Å²) in [6, 6.07) is 10.9. The summed E-state index contributed by atoms with van der Waals surface area (Å²) in [5.74, 6) is 0.531. The van der Waals surface area contributed by atoms with Crippen molar-refractivity contribution in [1.29, 1.82) is 0 Å². The van der Waals surface area contributed by atoms with Gasteiger partial charge < -0.3 is 24.9 Å². The normalized spacial score (nSPS) is 11.9. The fourth-order valence-electron chi connectivity index (χ4n) is 1.99. The van der Waals surface area contributed by atoms with E-state index in [1.54, 1.807) is 18.4 Å². The molecule has 3 N–H and O–H groups in total. The summed E-state index contributed by atoms with van der Waals surface area (Å²) in [6.45, 7) is 0.807. The average molecular weight is 304 g/mol. The van der Waals surface area contributed by atoms with Gasteiger partial charge >= 0.3 is 0 Å². The van der Waals surface area contributed by atoms with Crippen molar-refractivity contribution in [1.82, 2.24) is 5.32 Å². The van der Waals surface area contributed by atoms with Crippen LogP contribution in [-0.4, -0.2) is 37.4 Å². The van der Waals surface area contributed by atoms with E-state index in [-0.39, 0.29) is 19.1 Å². The minimum absolute atomic E-state index is 0.138. The fraction of sp³-hybridized carbons (Fsp3) is 0.312. The lowest BCUT2D eigenvalue weighted by Gasteiger charge is -2.13. The summed E-state index contributed by atoms with van der Waals surface area (Å²) in [5.41, 5.74) is 1.22. The number of carbonyl (C=O) groups excluding carboxylic acids is 1. The van der Waals surface area contributed by atoms with Gasteiger partial charge in [0.2, 0.25) is 0 Å². The second-order valence-corrected chi connectivity index (χ2v) is 4.80. The number of amides is 1. The van der Waals surface area contributed by atoms with Crippen LogP contribution in [0.2, 0.25) is 0 Å². The molecule has 1 amide bonds. The first kappa shape index (κ1) is 16.1. The summed E-state index contributed by atoms with van der Waals surface area (Å²) in [4.78, 5) is 12.2. The minimum atomic E-state index is -0.725. The Morgan fingerprint density at radius 2 is 2.14 bits per heavy atom. The van der Waals surface area contributed by atoms with E-state index in [4.69, 9.17) is 9.15 Å². The molecule has 1 atom stereocenters. The van der Waals surface area contributed by atoms with E-state index in [0.29, 0.717) is 17.8 Å². The second-order valence-electron chi connectivity index (χ2n) is 4.80. The number of hydrogen-bond acceptors (Lipinski definition) is 5. The van der Waals surface area contributed by atoms with Crippen LogP contribution in [0, 0.1) is 0 Å². The van der Waals surface area contributed by atoms with E-state index < -0.39 is 6.10 Å². The number of carbonyl (C=O) groups is 1. The van der Waals surface area contributed by atoms with Gasteiger partial charge in [-0.25, -0.2) is 0 Å². The lowest BCUT2D eigenvalue weighted by Crippen LogP contribution is -2.34. The third-order valence-corrected chi connectivity index (χ3v) is 3.06. The van der Waals surface area contributed by atoms with Crippen molar-refractivity contribution in [3.63, 3.8) is 0 Å². The molecule has 6 nitrogen and oxygen atoms in total. The van der Waals surface area contributed by atoms with Crippen molar-refractivity contribution in [3.05, 3.63) is 54.0 Å². The van der Waals surface area contributed by atoms with Crippen molar-refractivity contribution in [2.45, 2.75) is 12.6 Å². The number of aliphatic hydroxyl groups is 1. The molecule has 1 aromatic carbocycles. The first-order valence-electron chi connectivity index (χ1n) is 7.01. The molecular weight excluding hydrogens is 284 g/mol. The minimum Gasteiger partial charge on any atom is -0.467 e. The molecule has 0 saturated heterocycles. The predicted octanol–water partition coefficient (Wildman–Crippen LogP) is 1.63. The fourth-order valence-corrected chi connectivity index (χ4v) is 1.99. The maximum Gasteiger partial charge on any atom is 0.253 e. The van der Waals surface area contributed by atoms with Crippen LogP contribution in [0.4, 0.5) is 5.69 Å². The highest BCUT2D eigenvalue weighted by Gasteiger charge is 2.12. The third-order valence-electron chi connectivity index (χ3n) is 3.06. The summed E-state index contributed by atoms with van der Waals surface area (Å²) in [7, 11) is 1.50. The Hall–Kier alpha value is -2.31. The first-order chi connectivity index (χ1) is 10.7. The molecular formula is C16H20N2O4. The lowest BCUT2D eigenvalue weighted by atomic mass is 10.1. The molecule has 6 heteroatoms. The van der Waals surface area contributed by atoms with Crippen LogP contribution in [0.1, 0.15) is 16.1 Å². The zero-order chi connectivity index (χ0) is 15.8. The zero-order valence-electron chi connectivity index (χ0n) is 12.4. The molecule has 0 spiro atoms. The van der Waals surface area contributed by atoms with Gasteiger partial charge in [-0.1, -0.05) is 12.1 Å². The standard InChI is InChI=1S/C16H20N2O4/c1-21-11-12(19)9-18-16(20)14-6-2-3-7-15(14)17-10-13-5-4-8-22-13/h2-8,12,17,19H,9-11H2,1H3,(H,18,20). The molecule has 0 bridgehead atoms. The number of furan rings is 1. The van der Waals surface area contributed by atoms with Crippen LogP contribution in [-0.2, 0) is 11.3 Å². The van der Waals surface area contributed by atoms with E-state index in [1.165, 1.54) is 7.11 Å². The first-order valence-corrected chi connectivity index (χ1v) is 7.01. The average Bonchev–Trinajstić information content (AvgIpc) is 3.04. The van der Waals surface area contributed by atoms with Crippen molar-refractivity contribution in [2.75, 3.05) is 25.6 Å².